The SMILES string of the molecule is C=C(C)Nn1cnc(C(C)C)c1. The van der Waals surface area contributed by atoms with Crippen molar-refractivity contribution in [3.63, 3.8) is 0 Å². The monoisotopic (exact) mass is 165 g/mol. The molecule has 1 heterocycles. The maximum absolute atomic E-state index is 4.23. The summed E-state index contributed by atoms with van der Waals surface area (Å²) in [6, 6.07) is 0. The van der Waals surface area contributed by atoms with Crippen molar-refractivity contribution in [3.05, 3.63) is 30.5 Å². The number of imidazole rings is 1. The second-order valence-corrected chi connectivity index (χ2v) is 3.25. The van der Waals surface area contributed by atoms with E-state index in [0.717, 1.165) is 11.4 Å². The molecule has 1 aromatic heterocycles. The highest BCUT2D eigenvalue weighted by Crippen LogP contribution is 2.09. The summed E-state index contributed by atoms with van der Waals surface area (Å²) in [4.78, 5) is 4.23. The molecule has 1 N–H and O–H groups in total. The van der Waals surface area contributed by atoms with Crippen LogP contribution in [0.1, 0.15) is 32.4 Å². The Balaban J connectivity index is 2.70. The Morgan fingerprint density at radius 3 is 2.75 bits per heavy atom. The van der Waals surface area contributed by atoms with Crippen molar-refractivity contribution >= 4 is 0 Å². The molecule has 0 bridgehead atoms. The van der Waals surface area contributed by atoms with Crippen molar-refractivity contribution < 1.29 is 0 Å². The number of rotatable bonds is 3. The zero-order chi connectivity index (χ0) is 9.14. The van der Waals surface area contributed by atoms with E-state index in [9.17, 15) is 0 Å². The van der Waals surface area contributed by atoms with Crippen molar-refractivity contribution in [1.82, 2.24) is 9.66 Å². The van der Waals surface area contributed by atoms with Crippen LogP contribution in [0.3, 0.4) is 0 Å². The molecule has 0 saturated heterocycles. The van der Waals surface area contributed by atoms with E-state index in [1.54, 1.807) is 6.33 Å². The van der Waals surface area contributed by atoms with Gasteiger partial charge in [-0.25, -0.2) is 4.98 Å². The first-order valence-corrected chi connectivity index (χ1v) is 4.06. The topological polar surface area (TPSA) is 29.9 Å². The van der Waals surface area contributed by atoms with Crippen molar-refractivity contribution in [2.24, 2.45) is 0 Å². The fourth-order valence-corrected chi connectivity index (χ4v) is 0.918. The van der Waals surface area contributed by atoms with Gasteiger partial charge in [-0.15, -0.1) is 0 Å². The standard InChI is InChI=1S/C9H15N3/c1-7(2)9-5-12(6-10-9)11-8(3)4/h5-7,11H,3H2,1-2,4H3. The van der Waals surface area contributed by atoms with E-state index in [2.05, 4.69) is 30.8 Å². The van der Waals surface area contributed by atoms with Gasteiger partial charge in [-0.05, 0) is 12.8 Å². The van der Waals surface area contributed by atoms with Crippen LogP contribution in [0.2, 0.25) is 0 Å². The molecule has 0 spiro atoms. The van der Waals surface area contributed by atoms with Crippen LogP contribution in [-0.4, -0.2) is 9.66 Å². The Morgan fingerprint density at radius 2 is 2.33 bits per heavy atom. The quantitative estimate of drug-likeness (QED) is 0.743. The molecule has 0 unspecified atom stereocenters. The van der Waals surface area contributed by atoms with Crippen molar-refractivity contribution in [2.45, 2.75) is 26.7 Å². The molecule has 0 amide bonds. The first-order chi connectivity index (χ1) is 5.59. The lowest BCUT2D eigenvalue weighted by atomic mass is 10.2. The average Bonchev–Trinajstić information content (AvgIpc) is 2.34. The van der Waals surface area contributed by atoms with E-state index in [0.29, 0.717) is 5.92 Å². The van der Waals surface area contributed by atoms with Crippen LogP contribution in [0.15, 0.2) is 24.8 Å². The molecule has 0 radical (unpaired) electrons. The summed E-state index contributed by atoms with van der Waals surface area (Å²) in [5.74, 6) is 0.471. The Morgan fingerprint density at radius 1 is 1.67 bits per heavy atom. The van der Waals surface area contributed by atoms with Crippen molar-refractivity contribution in [3.8, 4) is 0 Å². The predicted molar refractivity (Wildman–Crippen MR) is 50.5 cm³/mol. The van der Waals surface area contributed by atoms with Gasteiger partial charge in [-0.3, -0.25) is 10.1 Å². The molecule has 12 heavy (non-hydrogen) atoms. The van der Waals surface area contributed by atoms with Gasteiger partial charge in [0.15, 0.2) is 0 Å². The van der Waals surface area contributed by atoms with Gasteiger partial charge < -0.3 is 0 Å². The highest BCUT2D eigenvalue weighted by atomic mass is 15.4. The zero-order valence-electron chi connectivity index (χ0n) is 7.83. The molecule has 0 aliphatic carbocycles. The van der Waals surface area contributed by atoms with Crippen LogP contribution >= 0.6 is 0 Å². The summed E-state index contributed by atoms with van der Waals surface area (Å²) in [5, 5.41) is 0. The summed E-state index contributed by atoms with van der Waals surface area (Å²) < 4.78 is 1.82. The van der Waals surface area contributed by atoms with Gasteiger partial charge in [0.2, 0.25) is 0 Å². The van der Waals surface area contributed by atoms with E-state index >= 15 is 0 Å². The number of nitrogens with one attached hydrogen (secondary N) is 1. The third kappa shape index (κ3) is 2.12. The van der Waals surface area contributed by atoms with E-state index in [-0.39, 0.29) is 0 Å². The molecule has 3 nitrogen and oxygen atoms in total. The van der Waals surface area contributed by atoms with Crippen LogP contribution in [0.5, 0.6) is 0 Å². The summed E-state index contributed by atoms with van der Waals surface area (Å²) in [7, 11) is 0. The predicted octanol–water partition coefficient (Wildman–Crippen LogP) is 2.08. The second kappa shape index (κ2) is 3.43. The molecule has 0 fully saturated rings. The van der Waals surface area contributed by atoms with Crippen LogP contribution in [-0.2, 0) is 0 Å². The fourth-order valence-electron chi connectivity index (χ4n) is 0.918. The molecule has 1 rings (SSSR count). The highest BCUT2D eigenvalue weighted by Gasteiger charge is 2.01. The Kier molecular flexibility index (Phi) is 2.53. The largest absolute Gasteiger partial charge is 0.298 e. The first kappa shape index (κ1) is 8.84. The average molecular weight is 165 g/mol. The normalized spacial score (nSPS) is 10.3. The molecule has 3 heteroatoms. The van der Waals surface area contributed by atoms with Crippen molar-refractivity contribution in [1.29, 1.82) is 0 Å². The van der Waals surface area contributed by atoms with Gasteiger partial charge >= 0.3 is 0 Å². The summed E-state index contributed by atoms with van der Waals surface area (Å²) in [5.41, 5.74) is 5.03. The van der Waals surface area contributed by atoms with Gasteiger partial charge in [0, 0.05) is 11.9 Å². The fraction of sp³-hybridized carbons (Fsp3) is 0.444. The number of hydrogen-bond donors (Lipinski definition) is 1. The number of aromatic nitrogens is 2. The Bertz CT molecular complexity index is 273. The molecule has 1 aromatic rings. The van der Waals surface area contributed by atoms with Gasteiger partial charge in [-0.2, -0.15) is 0 Å². The van der Waals surface area contributed by atoms with E-state index in [1.807, 2.05) is 17.8 Å². The van der Waals surface area contributed by atoms with Crippen LogP contribution in [0, 0.1) is 0 Å². The van der Waals surface area contributed by atoms with Crippen molar-refractivity contribution in [2.75, 3.05) is 5.43 Å². The summed E-state index contributed by atoms with van der Waals surface area (Å²) >= 11 is 0. The van der Waals surface area contributed by atoms with Crippen LogP contribution < -0.4 is 5.43 Å². The Labute approximate surface area is 73.1 Å². The third-order valence-electron chi connectivity index (χ3n) is 1.51. The van der Waals surface area contributed by atoms with Gasteiger partial charge in [-0.1, -0.05) is 20.4 Å². The number of hydrogen-bond acceptors (Lipinski definition) is 2. The minimum absolute atomic E-state index is 0.471. The second-order valence-electron chi connectivity index (χ2n) is 3.25. The zero-order valence-corrected chi connectivity index (χ0v) is 7.83. The minimum Gasteiger partial charge on any atom is -0.298 e. The Hall–Kier alpha value is -1.25. The lowest BCUT2D eigenvalue weighted by Gasteiger charge is -2.04. The van der Waals surface area contributed by atoms with Gasteiger partial charge in [0.25, 0.3) is 0 Å². The maximum atomic E-state index is 4.23. The molecule has 66 valence electrons. The molecule has 0 aliphatic rings. The van der Waals surface area contributed by atoms with Crippen LogP contribution in [0.25, 0.3) is 0 Å². The molecular formula is C9H15N3. The third-order valence-corrected chi connectivity index (χ3v) is 1.51. The number of nitrogens with zero attached hydrogens (tertiary/aromatic N) is 2. The van der Waals surface area contributed by atoms with E-state index in [1.165, 1.54) is 0 Å². The molecule has 0 saturated carbocycles. The van der Waals surface area contributed by atoms with Gasteiger partial charge in [0.1, 0.15) is 6.33 Å². The van der Waals surface area contributed by atoms with Crippen LogP contribution in [0.4, 0.5) is 0 Å². The summed E-state index contributed by atoms with van der Waals surface area (Å²) in [6.07, 6.45) is 3.73. The van der Waals surface area contributed by atoms with E-state index in [4.69, 9.17) is 0 Å². The lowest BCUT2D eigenvalue weighted by Crippen LogP contribution is -2.08. The minimum atomic E-state index is 0.471. The van der Waals surface area contributed by atoms with E-state index < -0.39 is 0 Å². The highest BCUT2D eigenvalue weighted by molar-refractivity contribution is 5.07. The lowest BCUT2D eigenvalue weighted by molar-refractivity contribution is 0.829. The number of allylic oxidation sites excluding steroid dienone is 1. The smallest absolute Gasteiger partial charge is 0.115 e. The molecule has 0 atom stereocenters. The first-order valence-electron chi connectivity index (χ1n) is 4.06. The molecular weight excluding hydrogens is 150 g/mol. The molecule has 0 aliphatic heterocycles. The van der Waals surface area contributed by atoms with Gasteiger partial charge in [0.05, 0.1) is 5.69 Å². The molecule has 0 aromatic carbocycles. The maximum Gasteiger partial charge on any atom is 0.115 e. The summed E-state index contributed by atoms with van der Waals surface area (Å²) in [6.45, 7) is 9.89.